The number of alkyl halides is 1. The molecule has 2 bridgehead atoms. The summed E-state index contributed by atoms with van der Waals surface area (Å²) in [7, 11) is 0. The number of pyridine rings is 1. The highest BCUT2D eigenvalue weighted by Gasteiger charge is 2.52. The van der Waals surface area contributed by atoms with Crippen molar-refractivity contribution in [3.63, 3.8) is 0 Å². The van der Waals surface area contributed by atoms with E-state index in [-0.39, 0.29) is 47.5 Å². The summed E-state index contributed by atoms with van der Waals surface area (Å²) in [6.45, 7) is 11.8. The van der Waals surface area contributed by atoms with Gasteiger partial charge in [-0.3, -0.25) is 9.80 Å². The molecule has 0 saturated carbocycles. The Morgan fingerprint density at radius 2 is 2.00 bits per heavy atom. The molecule has 9 nitrogen and oxygen atoms in total. The van der Waals surface area contributed by atoms with Crippen LogP contribution < -0.4 is 9.64 Å². The van der Waals surface area contributed by atoms with Gasteiger partial charge in [0.1, 0.15) is 29.7 Å². The van der Waals surface area contributed by atoms with E-state index in [1.165, 1.54) is 0 Å². The highest BCUT2D eigenvalue weighted by Crippen LogP contribution is 2.47. The first-order valence-electron chi connectivity index (χ1n) is 14.5. The van der Waals surface area contributed by atoms with E-state index in [9.17, 15) is 9.18 Å². The van der Waals surface area contributed by atoms with Gasteiger partial charge in [0.15, 0.2) is 11.0 Å². The topological polar surface area (TPSA) is 83.9 Å². The van der Waals surface area contributed by atoms with Crippen molar-refractivity contribution in [1.29, 1.82) is 0 Å². The molecule has 0 aromatic carbocycles. The van der Waals surface area contributed by atoms with Crippen LogP contribution in [0.4, 0.5) is 19.4 Å². The Labute approximate surface area is 242 Å². The van der Waals surface area contributed by atoms with Gasteiger partial charge in [-0.05, 0) is 65.0 Å². The van der Waals surface area contributed by atoms with Crippen molar-refractivity contribution in [2.24, 2.45) is 0 Å². The molecule has 5 aliphatic rings. The Morgan fingerprint density at radius 1 is 1.20 bits per heavy atom. The van der Waals surface area contributed by atoms with Crippen molar-refractivity contribution in [3.05, 3.63) is 23.2 Å². The fraction of sp³-hybridized carbons (Fsp3) is 0.655. The standard InChI is InChI=1S/C29H35ClF2N6O3/c1-15-10-19-18-7-6-17(38(18)27(39)41-28(2,3)4)13-37(19)25-20-22(15)33-24(30)21(32)23(20)34-26(35-25)40-14-29-8-5-9-36(29)12-16(31)11-29/h16-19H,1,5-14H2,2-4H3/t16-,17-,18+,19-,29+/m1/s1. The minimum atomic E-state index is -0.894. The van der Waals surface area contributed by atoms with Crippen LogP contribution in [0.5, 0.6) is 6.01 Å². The van der Waals surface area contributed by atoms with Crippen molar-refractivity contribution in [2.75, 3.05) is 31.1 Å². The lowest BCUT2D eigenvalue weighted by atomic mass is 9.95. The molecule has 0 N–H and O–H groups in total. The molecule has 5 aliphatic heterocycles. The molecule has 12 heteroatoms. The molecule has 7 heterocycles. The van der Waals surface area contributed by atoms with Crippen molar-refractivity contribution in [2.45, 2.75) is 94.7 Å². The Balaban J connectivity index is 1.29. The molecular weight excluding hydrogens is 554 g/mol. The first-order chi connectivity index (χ1) is 19.4. The van der Waals surface area contributed by atoms with Crippen molar-refractivity contribution < 1.29 is 23.0 Å². The highest BCUT2D eigenvalue weighted by atomic mass is 35.5. The molecule has 4 saturated heterocycles. The summed E-state index contributed by atoms with van der Waals surface area (Å²) in [4.78, 5) is 33.2. The summed E-state index contributed by atoms with van der Waals surface area (Å²) in [6.07, 6.45) is 3.11. The molecule has 0 unspecified atom stereocenters. The number of ether oxygens (including phenoxy) is 2. The fourth-order valence-corrected chi connectivity index (χ4v) is 7.93. The summed E-state index contributed by atoms with van der Waals surface area (Å²) >= 11 is 6.27. The fourth-order valence-electron chi connectivity index (χ4n) is 7.76. The largest absolute Gasteiger partial charge is 0.461 e. The quantitative estimate of drug-likeness (QED) is 0.456. The minimum absolute atomic E-state index is 0.0244. The van der Waals surface area contributed by atoms with Crippen molar-refractivity contribution >= 4 is 40.0 Å². The number of rotatable bonds is 3. The number of carbonyl (C=O) groups excluding carboxylic acids is 1. The molecule has 2 aromatic heterocycles. The van der Waals surface area contributed by atoms with E-state index >= 15 is 4.39 Å². The van der Waals surface area contributed by atoms with E-state index in [0.717, 1.165) is 32.2 Å². The van der Waals surface area contributed by atoms with Crippen molar-refractivity contribution in [1.82, 2.24) is 24.8 Å². The molecule has 0 radical (unpaired) electrons. The van der Waals surface area contributed by atoms with Gasteiger partial charge in [-0.15, -0.1) is 0 Å². The van der Waals surface area contributed by atoms with Gasteiger partial charge < -0.3 is 14.4 Å². The number of carbonyl (C=O) groups is 1. The predicted octanol–water partition coefficient (Wildman–Crippen LogP) is 5.15. The first-order valence-corrected chi connectivity index (χ1v) is 14.9. The second-order valence-corrected chi connectivity index (χ2v) is 13.6. The number of piperazine rings is 1. The third-order valence-corrected chi connectivity index (χ3v) is 9.65. The smallest absolute Gasteiger partial charge is 0.410 e. The first kappa shape index (κ1) is 27.1. The molecule has 220 valence electrons. The van der Waals surface area contributed by atoms with Gasteiger partial charge in [-0.2, -0.15) is 9.97 Å². The Hall–Kier alpha value is -2.79. The number of anilines is 1. The van der Waals surface area contributed by atoms with Crippen LogP contribution in [0.15, 0.2) is 6.58 Å². The number of hydrogen-bond donors (Lipinski definition) is 0. The van der Waals surface area contributed by atoms with Crippen LogP contribution in [0.1, 0.15) is 65.0 Å². The van der Waals surface area contributed by atoms with Gasteiger partial charge in [0, 0.05) is 19.5 Å². The third-order valence-electron chi connectivity index (χ3n) is 9.40. The molecule has 0 aliphatic carbocycles. The van der Waals surface area contributed by atoms with E-state index in [2.05, 4.69) is 26.3 Å². The summed E-state index contributed by atoms with van der Waals surface area (Å²) in [5.41, 5.74) is 0.145. The van der Waals surface area contributed by atoms with Gasteiger partial charge >= 0.3 is 12.1 Å². The number of amides is 1. The van der Waals surface area contributed by atoms with Gasteiger partial charge in [-0.25, -0.2) is 18.6 Å². The maximum Gasteiger partial charge on any atom is 0.410 e. The summed E-state index contributed by atoms with van der Waals surface area (Å²) in [5, 5.41) is 0.153. The average Bonchev–Trinajstić information content (AvgIpc) is 3.51. The molecule has 1 amide bonds. The van der Waals surface area contributed by atoms with E-state index in [1.54, 1.807) is 0 Å². The number of halogens is 3. The van der Waals surface area contributed by atoms with Crippen LogP contribution in [0.25, 0.3) is 16.5 Å². The van der Waals surface area contributed by atoms with Crippen LogP contribution in [0.2, 0.25) is 5.15 Å². The SMILES string of the molecule is C=C1C[C@@H]2[C@@H]3CC[C@H](CN2c2nc(OC[C@@]45CCCN4C[C@H](F)C5)nc4c(F)c(Cl)nc1c24)N3C(=O)OC(C)(C)C. The van der Waals surface area contributed by atoms with Crippen molar-refractivity contribution in [3.8, 4) is 6.01 Å². The lowest BCUT2D eigenvalue weighted by Crippen LogP contribution is -2.62. The second kappa shape index (κ2) is 9.36. The third kappa shape index (κ3) is 4.33. The molecule has 5 atom stereocenters. The minimum Gasteiger partial charge on any atom is -0.461 e. The van der Waals surface area contributed by atoms with E-state index in [0.29, 0.717) is 48.4 Å². The zero-order valence-electron chi connectivity index (χ0n) is 23.6. The Bertz CT molecular complexity index is 1450. The maximum absolute atomic E-state index is 15.6. The predicted molar refractivity (Wildman–Crippen MR) is 151 cm³/mol. The second-order valence-electron chi connectivity index (χ2n) is 13.2. The monoisotopic (exact) mass is 588 g/mol. The number of hydrogen-bond acceptors (Lipinski definition) is 8. The molecule has 4 fully saturated rings. The lowest BCUT2D eigenvalue weighted by Gasteiger charge is -2.47. The zero-order chi connectivity index (χ0) is 28.8. The molecular formula is C29H35ClF2N6O3. The van der Waals surface area contributed by atoms with Crippen LogP contribution >= 0.6 is 11.6 Å². The van der Waals surface area contributed by atoms with Gasteiger partial charge in [0.2, 0.25) is 0 Å². The van der Waals surface area contributed by atoms with E-state index in [4.69, 9.17) is 26.1 Å². The highest BCUT2D eigenvalue weighted by molar-refractivity contribution is 6.30. The van der Waals surface area contributed by atoms with Crippen LogP contribution in [-0.2, 0) is 4.74 Å². The summed E-state index contributed by atoms with van der Waals surface area (Å²) < 4.78 is 41.9. The average molecular weight is 589 g/mol. The zero-order valence-corrected chi connectivity index (χ0v) is 24.4. The molecule has 41 heavy (non-hydrogen) atoms. The van der Waals surface area contributed by atoms with Crippen LogP contribution in [-0.4, -0.2) is 92.5 Å². The Morgan fingerprint density at radius 3 is 2.78 bits per heavy atom. The molecule has 0 spiro atoms. The number of fused-ring (bicyclic) bond motifs is 6. The maximum atomic E-state index is 15.6. The summed E-state index contributed by atoms with van der Waals surface area (Å²) in [6, 6.07) is -0.389. The number of aromatic nitrogens is 3. The Kier molecular flexibility index (Phi) is 6.18. The van der Waals surface area contributed by atoms with Crippen LogP contribution in [0.3, 0.4) is 0 Å². The lowest BCUT2D eigenvalue weighted by molar-refractivity contribution is 0.00777. The van der Waals surface area contributed by atoms with Crippen LogP contribution in [0, 0.1) is 5.82 Å². The van der Waals surface area contributed by atoms with E-state index in [1.807, 2.05) is 25.7 Å². The number of nitrogens with zero attached hydrogens (tertiary/aromatic N) is 6. The van der Waals surface area contributed by atoms with E-state index < -0.39 is 23.1 Å². The normalized spacial score (nSPS) is 30.9. The molecule has 2 aromatic rings. The van der Waals surface area contributed by atoms with Gasteiger partial charge in [-0.1, -0.05) is 18.2 Å². The van der Waals surface area contributed by atoms with Gasteiger partial charge in [0.05, 0.1) is 34.7 Å². The molecule has 7 rings (SSSR count). The van der Waals surface area contributed by atoms with Gasteiger partial charge in [0.25, 0.3) is 0 Å². The summed E-state index contributed by atoms with van der Waals surface area (Å²) in [5.74, 6) is -0.242.